The van der Waals surface area contributed by atoms with Gasteiger partial charge in [0.2, 0.25) is 0 Å². The largest absolute Gasteiger partial charge is 0.457 e. The van der Waals surface area contributed by atoms with Crippen molar-refractivity contribution < 1.29 is 9.13 Å². The van der Waals surface area contributed by atoms with E-state index in [0.717, 1.165) is 61.9 Å². The van der Waals surface area contributed by atoms with Crippen LogP contribution in [0, 0.1) is 5.82 Å². The number of nitrogens with zero attached hydrogens (tertiary/aromatic N) is 4. The first-order chi connectivity index (χ1) is 31.9. The third kappa shape index (κ3) is 7.68. The molecule has 1 aliphatic heterocycles. The molecule has 3 heterocycles. The zero-order valence-corrected chi connectivity index (χ0v) is 39.2. The number of anilines is 4. The van der Waals surface area contributed by atoms with Crippen LogP contribution in [0.15, 0.2) is 164 Å². The second-order valence-electron chi connectivity index (χ2n) is 19.0. The molecule has 5 nitrogen and oxygen atoms in total. The number of rotatable bonds is 11. The smallest absolute Gasteiger partial charge is 0.137 e. The van der Waals surface area contributed by atoms with Crippen LogP contribution in [0.3, 0.4) is 0 Å². The van der Waals surface area contributed by atoms with Crippen molar-refractivity contribution in [1.82, 2.24) is 9.55 Å². The monoisotopic (exact) mass is 868 g/mol. The molecule has 0 saturated carbocycles. The van der Waals surface area contributed by atoms with E-state index in [4.69, 9.17) is 9.72 Å². The summed E-state index contributed by atoms with van der Waals surface area (Å²) in [5.74, 6) is 3.24. The highest BCUT2D eigenvalue weighted by Crippen LogP contribution is 2.51. The number of benzene rings is 7. The van der Waals surface area contributed by atoms with E-state index in [1.807, 2.05) is 30.5 Å². The van der Waals surface area contributed by atoms with Crippen molar-refractivity contribution in [1.29, 1.82) is 0 Å². The van der Waals surface area contributed by atoms with Gasteiger partial charge in [-0.25, -0.2) is 9.37 Å². The molecule has 0 spiro atoms. The van der Waals surface area contributed by atoms with Gasteiger partial charge in [-0.3, -0.25) is 4.57 Å². The van der Waals surface area contributed by atoms with Gasteiger partial charge in [0.1, 0.15) is 29.8 Å². The number of para-hydroxylation sites is 3. The normalized spacial score (nSPS) is 12.7. The fraction of sp³-hybridized carbons (Fsp3) is 0.217. The molecule has 0 aliphatic carbocycles. The van der Waals surface area contributed by atoms with E-state index < -0.39 is 0 Å². The van der Waals surface area contributed by atoms with Crippen LogP contribution in [-0.2, 0) is 0 Å². The summed E-state index contributed by atoms with van der Waals surface area (Å²) in [7, 11) is 0. The summed E-state index contributed by atoms with van der Waals surface area (Å²) < 4.78 is 24.7. The minimum Gasteiger partial charge on any atom is -0.457 e. The topological polar surface area (TPSA) is 33.5 Å². The third-order valence-electron chi connectivity index (χ3n) is 13.3. The van der Waals surface area contributed by atoms with E-state index in [-0.39, 0.29) is 17.7 Å². The molecule has 1 aliphatic rings. The van der Waals surface area contributed by atoms with Gasteiger partial charge >= 0.3 is 0 Å². The molecular formula is C60H57FN4O. The maximum absolute atomic E-state index is 15.4. The lowest BCUT2D eigenvalue weighted by Gasteiger charge is -2.30. The Labute approximate surface area is 388 Å². The number of pyridine rings is 1. The number of hydrogen-bond acceptors (Lipinski definition) is 4. The number of hydrogen-bond donors (Lipinski definition) is 0. The van der Waals surface area contributed by atoms with Gasteiger partial charge in [-0.1, -0.05) is 128 Å². The van der Waals surface area contributed by atoms with Crippen molar-refractivity contribution in [3.8, 4) is 39.6 Å². The minimum absolute atomic E-state index is 0.186. The number of ether oxygens (including phenoxy) is 1. The molecule has 330 valence electrons. The van der Waals surface area contributed by atoms with Gasteiger partial charge in [0.15, 0.2) is 0 Å². The average Bonchev–Trinajstić information content (AvgIpc) is 3.87. The number of halogens is 1. The van der Waals surface area contributed by atoms with Gasteiger partial charge in [0.25, 0.3) is 0 Å². The summed E-state index contributed by atoms with van der Waals surface area (Å²) in [6.45, 7) is 18.6. The second-order valence-corrected chi connectivity index (χ2v) is 19.0. The first kappa shape index (κ1) is 42.8. The Bertz CT molecular complexity index is 3230. The Balaban J connectivity index is 1.13. The lowest BCUT2D eigenvalue weighted by molar-refractivity contribution is 0.483. The zero-order chi connectivity index (χ0) is 45.8. The first-order valence-corrected chi connectivity index (χ1v) is 23.4. The summed E-state index contributed by atoms with van der Waals surface area (Å²) in [6, 6.07) is 54.9. The molecule has 2 aromatic heterocycles. The fourth-order valence-corrected chi connectivity index (χ4v) is 9.87. The Morgan fingerprint density at radius 3 is 1.85 bits per heavy atom. The molecule has 0 saturated heterocycles. The van der Waals surface area contributed by atoms with Crippen molar-refractivity contribution in [2.45, 2.75) is 79.1 Å². The molecule has 6 heteroatoms. The zero-order valence-electron chi connectivity index (χ0n) is 39.2. The summed E-state index contributed by atoms with van der Waals surface area (Å²) >= 11 is 0. The Morgan fingerprint density at radius 1 is 0.500 bits per heavy atom. The molecule has 7 aromatic carbocycles. The lowest BCUT2D eigenvalue weighted by atomic mass is 9.87. The van der Waals surface area contributed by atoms with Crippen molar-refractivity contribution in [2.24, 2.45) is 0 Å². The van der Waals surface area contributed by atoms with Gasteiger partial charge in [0.05, 0.1) is 22.4 Å². The highest BCUT2D eigenvalue weighted by molar-refractivity contribution is 6.09. The van der Waals surface area contributed by atoms with E-state index in [0.29, 0.717) is 24.1 Å². The van der Waals surface area contributed by atoms with Crippen LogP contribution in [0.25, 0.3) is 49.9 Å². The van der Waals surface area contributed by atoms with Gasteiger partial charge in [0, 0.05) is 46.0 Å². The van der Waals surface area contributed by atoms with E-state index in [1.165, 1.54) is 38.9 Å². The average molecular weight is 869 g/mol. The van der Waals surface area contributed by atoms with Crippen LogP contribution in [0.5, 0.6) is 11.5 Å². The fourth-order valence-electron chi connectivity index (χ4n) is 9.87. The Kier molecular flexibility index (Phi) is 11.2. The van der Waals surface area contributed by atoms with Crippen LogP contribution in [0.2, 0.25) is 0 Å². The minimum atomic E-state index is -0.208. The Morgan fingerprint density at radius 2 is 1.15 bits per heavy atom. The molecule has 0 unspecified atom stereocenters. The van der Waals surface area contributed by atoms with Crippen LogP contribution in [-0.4, -0.2) is 16.2 Å². The molecule has 0 amide bonds. The Hall–Kier alpha value is -7.18. The van der Waals surface area contributed by atoms with Crippen LogP contribution < -0.4 is 14.5 Å². The molecule has 0 radical (unpaired) electrons. The quantitative estimate of drug-likeness (QED) is 0.130. The standard InChI is InChI=1S/C60H57FN4O/c1-37(2)41-24-26-47(51(31-41)38(3)4)42-29-44(34-46(30-42)66-45-25-27-50-49-18-10-12-20-55(49)65(58(50)35-45)59-23-15-16-28-62-59)63-36-64(57-22-14-13-21-56(57)63)60-52(39(5)6)32-43(33-53(60)40(7)8)48-17-9-11-19-54(48)61/h9-35,37-40H,36H2,1-8H3. The summed E-state index contributed by atoms with van der Waals surface area (Å²) in [6.07, 6.45) is 1.84. The highest BCUT2D eigenvalue weighted by Gasteiger charge is 2.33. The van der Waals surface area contributed by atoms with E-state index in [1.54, 1.807) is 12.1 Å². The molecule has 0 bridgehead atoms. The van der Waals surface area contributed by atoms with Crippen molar-refractivity contribution in [3.05, 3.63) is 192 Å². The predicted octanol–water partition coefficient (Wildman–Crippen LogP) is 17.2. The first-order valence-electron chi connectivity index (χ1n) is 23.4. The maximum atomic E-state index is 15.4. The van der Waals surface area contributed by atoms with Crippen LogP contribution >= 0.6 is 0 Å². The van der Waals surface area contributed by atoms with Gasteiger partial charge in [-0.15, -0.1) is 0 Å². The highest BCUT2D eigenvalue weighted by atomic mass is 19.1. The van der Waals surface area contributed by atoms with Gasteiger partial charge < -0.3 is 14.5 Å². The molecular weight excluding hydrogens is 812 g/mol. The lowest BCUT2D eigenvalue weighted by Crippen LogP contribution is -2.26. The van der Waals surface area contributed by atoms with Crippen molar-refractivity contribution in [3.63, 3.8) is 0 Å². The van der Waals surface area contributed by atoms with Crippen LogP contribution in [0.1, 0.15) is 101 Å². The molecule has 0 fully saturated rings. The SMILES string of the molecule is CC(C)c1ccc(-c2cc(Oc3ccc4c5ccccc5n(-c5ccccn5)c4c3)cc(N3CN(c4c(C(C)C)cc(-c5ccccc5F)cc4C(C)C)c4ccccc43)c2)c(C(C)C)c1. The predicted molar refractivity (Wildman–Crippen MR) is 274 cm³/mol. The van der Waals surface area contributed by atoms with Crippen molar-refractivity contribution in [2.75, 3.05) is 16.5 Å². The molecule has 0 atom stereocenters. The summed E-state index contributed by atoms with van der Waals surface area (Å²) in [5, 5.41) is 2.31. The summed E-state index contributed by atoms with van der Waals surface area (Å²) in [5.41, 5.74) is 15.4. The molecule has 66 heavy (non-hydrogen) atoms. The number of fused-ring (bicyclic) bond motifs is 4. The van der Waals surface area contributed by atoms with Crippen molar-refractivity contribution >= 4 is 44.6 Å². The van der Waals surface area contributed by atoms with E-state index in [2.05, 4.69) is 191 Å². The second kappa shape index (κ2) is 17.3. The maximum Gasteiger partial charge on any atom is 0.137 e. The molecule has 0 N–H and O–H groups in total. The number of aromatic nitrogens is 2. The van der Waals surface area contributed by atoms with Gasteiger partial charge in [-0.05, 0) is 135 Å². The van der Waals surface area contributed by atoms with Crippen LogP contribution in [0.4, 0.5) is 27.1 Å². The van der Waals surface area contributed by atoms with E-state index >= 15 is 4.39 Å². The summed E-state index contributed by atoms with van der Waals surface area (Å²) in [4.78, 5) is 9.66. The third-order valence-corrected chi connectivity index (χ3v) is 13.3. The van der Waals surface area contributed by atoms with E-state index in [9.17, 15) is 0 Å². The molecule has 9 aromatic rings. The molecule has 10 rings (SSSR count). The van der Waals surface area contributed by atoms with Gasteiger partial charge in [-0.2, -0.15) is 0 Å².